The molecule has 10 heteroatoms. The lowest BCUT2D eigenvalue weighted by atomic mass is 9.67. The number of amides is 3. The maximum Gasteiger partial charge on any atom is 0.328 e. The predicted octanol–water partition coefficient (Wildman–Crippen LogP) is 2.78. The van der Waals surface area contributed by atoms with E-state index in [2.05, 4.69) is 15.6 Å². The van der Waals surface area contributed by atoms with Crippen molar-refractivity contribution in [3.63, 3.8) is 0 Å². The number of likely N-dealkylation sites (tertiary alicyclic amines) is 1. The minimum atomic E-state index is -0.960. The Kier molecular flexibility index (Phi) is 6.68. The first-order chi connectivity index (χ1) is 17.3. The molecule has 0 radical (unpaired) electrons. The summed E-state index contributed by atoms with van der Waals surface area (Å²) in [7, 11) is 1.26. The molecular weight excluding hydrogens is 484 g/mol. The molecule has 1 saturated carbocycles. The first-order valence-electron chi connectivity index (χ1n) is 12.5. The smallest absolute Gasteiger partial charge is 0.328 e. The lowest BCUT2D eigenvalue weighted by Crippen LogP contribution is -2.52. The normalized spacial score (nSPS) is 23.7. The van der Waals surface area contributed by atoms with Gasteiger partial charge in [-0.15, -0.1) is 0 Å². The number of fused-ring (bicyclic) bond motifs is 1. The van der Waals surface area contributed by atoms with Crippen LogP contribution in [0.25, 0.3) is 10.9 Å². The molecule has 3 atom stereocenters. The van der Waals surface area contributed by atoms with Crippen LogP contribution in [0.15, 0.2) is 24.3 Å². The zero-order chi connectivity index (χ0) is 25.4. The lowest BCUT2D eigenvalue weighted by molar-refractivity contribution is -0.146. The fourth-order valence-electron chi connectivity index (χ4n) is 5.90. The topological polar surface area (TPSA) is 121 Å². The molecule has 3 N–H and O–H groups in total. The number of ether oxygens (including phenoxy) is 1. The van der Waals surface area contributed by atoms with Crippen molar-refractivity contribution >= 4 is 46.2 Å². The van der Waals surface area contributed by atoms with Gasteiger partial charge in [0.25, 0.3) is 5.91 Å². The van der Waals surface area contributed by atoms with Gasteiger partial charge >= 0.3 is 5.97 Å². The SMILES string of the molecule is COC(=O)[C@H](C[C@@H]1CCCNC1=O)NC(=O)C1CC2(CCC2)CN1C(=O)c1cc2c(Cl)cccc2[nH]1. The number of H-pyrrole nitrogens is 1. The number of esters is 1. The molecule has 36 heavy (non-hydrogen) atoms. The molecule has 0 bridgehead atoms. The van der Waals surface area contributed by atoms with E-state index in [9.17, 15) is 19.2 Å². The number of nitrogens with one attached hydrogen (secondary N) is 3. The van der Waals surface area contributed by atoms with Crippen molar-refractivity contribution in [3.05, 3.63) is 35.0 Å². The van der Waals surface area contributed by atoms with E-state index in [4.69, 9.17) is 16.3 Å². The van der Waals surface area contributed by atoms with Crippen molar-refractivity contribution in [2.45, 2.75) is 57.0 Å². The minimum Gasteiger partial charge on any atom is -0.467 e. The van der Waals surface area contributed by atoms with Gasteiger partial charge in [-0.05, 0) is 62.1 Å². The van der Waals surface area contributed by atoms with Gasteiger partial charge in [0.05, 0.1) is 7.11 Å². The molecule has 192 valence electrons. The van der Waals surface area contributed by atoms with Gasteiger partial charge in [0, 0.05) is 34.9 Å². The standard InChI is InChI=1S/C26H31ClN4O5/c1-36-25(35)20(11-15-5-3-10-28-22(15)32)30-23(33)21-13-26(8-4-9-26)14-31(21)24(34)19-12-16-17(27)6-2-7-18(16)29-19/h2,6-7,12,15,20-21,29H,3-5,8-11,13-14H2,1H3,(H,28,32)(H,30,33)/t15-,20-,21?/m0/s1. The number of piperidine rings is 1. The van der Waals surface area contributed by atoms with Crippen LogP contribution >= 0.6 is 11.6 Å². The van der Waals surface area contributed by atoms with Crippen molar-refractivity contribution in [1.82, 2.24) is 20.5 Å². The minimum absolute atomic E-state index is 0.0780. The third-order valence-corrected chi connectivity index (χ3v) is 8.38. The second-order valence-corrected chi connectivity index (χ2v) is 10.7. The molecule has 3 fully saturated rings. The van der Waals surface area contributed by atoms with Crippen LogP contribution in [-0.4, -0.2) is 65.9 Å². The average Bonchev–Trinajstić information content (AvgIpc) is 3.48. The largest absolute Gasteiger partial charge is 0.467 e. The second kappa shape index (κ2) is 9.76. The number of aromatic nitrogens is 1. The number of aromatic amines is 1. The van der Waals surface area contributed by atoms with Gasteiger partial charge in [-0.3, -0.25) is 14.4 Å². The number of hydrogen-bond acceptors (Lipinski definition) is 5. The molecule has 1 aliphatic carbocycles. The first kappa shape index (κ1) is 24.6. The van der Waals surface area contributed by atoms with Crippen LogP contribution in [0.3, 0.4) is 0 Å². The van der Waals surface area contributed by atoms with Crippen LogP contribution in [0.4, 0.5) is 0 Å². The monoisotopic (exact) mass is 514 g/mol. The molecule has 2 aromatic rings. The molecule has 1 aromatic carbocycles. The number of carbonyl (C=O) groups is 4. The van der Waals surface area contributed by atoms with Crippen LogP contribution in [0.1, 0.15) is 55.4 Å². The first-order valence-corrected chi connectivity index (χ1v) is 12.9. The molecule has 3 heterocycles. The Hall–Kier alpha value is -3.07. The van der Waals surface area contributed by atoms with E-state index in [1.807, 2.05) is 12.1 Å². The summed E-state index contributed by atoms with van der Waals surface area (Å²) in [4.78, 5) is 56.8. The summed E-state index contributed by atoms with van der Waals surface area (Å²) in [6.45, 7) is 1.10. The summed E-state index contributed by atoms with van der Waals surface area (Å²) in [5.41, 5.74) is 1.04. The highest BCUT2D eigenvalue weighted by atomic mass is 35.5. The number of rotatable bonds is 6. The zero-order valence-corrected chi connectivity index (χ0v) is 21.0. The van der Waals surface area contributed by atoms with Crippen LogP contribution in [0.2, 0.25) is 5.02 Å². The van der Waals surface area contributed by atoms with Crippen molar-refractivity contribution < 1.29 is 23.9 Å². The van der Waals surface area contributed by atoms with Crippen LogP contribution in [0, 0.1) is 11.3 Å². The van der Waals surface area contributed by atoms with Gasteiger partial charge in [0.2, 0.25) is 11.8 Å². The molecule has 1 spiro atoms. The van der Waals surface area contributed by atoms with Crippen molar-refractivity contribution in [2.75, 3.05) is 20.2 Å². The molecule has 2 aliphatic heterocycles. The van der Waals surface area contributed by atoms with Crippen LogP contribution in [0.5, 0.6) is 0 Å². The van der Waals surface area contributed by atoms with Crippen LogP contribution < -0.4 is 10.6 Å². The predicted molar refractivity (Wildman–Crippen MR) is 133 cm³/mol. The second-order valence-electron chi connectivity index (χ2n) is 10.3. The van der Waals surface area contributed by atoms with Gasteiger partial charge in [-0.2, -0.15) is 0 Å². The highest BCUT2D eigenvalue weighted by Crippen LogP contribution is 2.50. The third-order valence-electron chi connectivity index (χ3n) is 8.05. The summed E-state index contributed by atoms with van der Waals surface area (Å²) >= 11 is 6.30. The molecule has 2 saturated heterocycles. The molecule has 3 amide bonds. The fourth-order valence-corrected chi connectivity index (χ4v) is 6.13. The van der Waals surface area contributed by atoms with E-state index >= 15 is 0 Å². The van der Waals surface area contributed by atoms with E-state index in [1.165, 1.54) is 7.11 Å². The van der Waals surface area contributed by atoms with Gasteiger partial charge in [-0.1, -0.05) is 24.1 Å². The number of methoxy groups -OCH3 is 1. The summed E-state index contributed by atoms with van der Waals surface area (Å²) in [5.74, 6) is -1.76. The Morgan fingerprint density at radius 3 is 2.75 bits per heavy atom. The number of halogens is 1. The van der Waals surface area contributed by atoms with E-state index < -0.39 is 24.0 Å². The molecule has 1 aromatic heterocycles. The quantitative estimate of drug-likeness (QED) is 0.512. The molecule has 5 rings (SSSR count). The van der Waals surface area contributed by atoms with Gasteiger partial charge in [-0.25, -0.2) is 4.79 Å². The van der Waals surface area contributed by atoms with Gasteiger partial charge in [0.1, 0.15) is 17.8 Å². The summed E-state index contributed by atoms with van der Waals surface area (Å²) in [6, 6.07) is 5.47. The summed E-state index contributed by atoms with van der Waals surface area (Å²) in [6.07, 6.45) is 5.17. The van der Waals surface area contributed by atoms with Crippen molar-refractivity contribution in [1.29, 1.82) is 0 Å². The van der Waals surface area contributed by atoms with E-state index in [0.29, 0.717) is 36.6 Å². The Bertz CT molecular complexity index is 1210. The average molecular weight is 515 g/mol. The zero-order valence-electron chi connectivity index (χ0n) is 20.3. The number of carbonyl (C=O) groups excluding carboxylic acids is 4. The van der Waals surface area contributed by atoms with Gasteiger partial charge < -0.3 is 25.3 Å². The summed E-state index contributed by atoms with van der Waals surface area (Å²) in [5, 5.41) is 6.92. The molecule has 3 aliphatic rings. The lowest BCUT2D eigenvalue weighted by Gasteiger charge is -2.37. The molecular formula is C26H31ClN4O5. The summed E-state index contributed by atoms with van der Waals surface area (Å²) < 4.78 is 4.93. The van der Waals surface area contributed by atoms with Gasteiger partial charge in [0.15, 0.2) is 0 Å². The fraction of sp³-hybridized carbons (Fsp3) is 0.538. The van der Waals surface area contributed by atoms with Crippen LogP contribution in [-0.2, 0) is 19.1 Å². The highest BCUT2D eigenvalue weighted by molar-refractivity contribution is 6.35. The number of nitrogens with zero attached hydrogens (tertiary/aromatic N) is 1. The maximum absolute atomic E-state index is 13.6. The molecule has 9 nitrogen and oxygen atoms in total. The van der Waals surface area contributed by atoms with Crippen molar-refractivity contribution in [3.8, 4) is 0 Å². The highest BCUT2D eigenvalue weighted by Gasteiger charge is 2.52. The number of benzene rings is 1. The van der Waals surface area contributed by atoms with Crippen molar-refractivity contribution in [2.24, 2.45) is 11.3 Å². The Balaban J connectivity index is 1.37. The maximum atomic E-state index is 13.6. The van der Waals surface area contributed by atoms with E-state index in [0.717, 1.165) is 36.6 Å². The Morgan fingerprint density at radius 2 is 2.08 bits per heavy atom. The Labute approximate surface area is 214 Å². The number of hydrogen-bond donors (Lipinski definition) is 3. The molecule has 1 unspecified atom stereocenters. The Morgan fingerprint density at radius 1 is 1.28 bits per heavy atom. The van der Waals surface area contributed by atoms with E-state index in [1.54, 1.807) is 17.0 Å². The van der Waals surface area contributed by atoms with E-state index in [-0.39, 0.29) is 29.6 Å². The third kappa shape index (κ3) is 4.56.